The molecule has 3 heteroatoms. The van der Waals surface area contributed by atoms with Gasteiger partial charge in [-0.15, -0.1) is 0 Å². The summed E-state index contributed by atoms with van der Waals surface area (Å²) in [7, 11) is 0. The van der Waals surface area contributed by atoms with Gasteiger partial charge in [0.1, 0.15) is 5.75 Å². The van der Waals surface area contributed by atoms with Crippen molar-refractivity contribution in [3.8, 4) is 5.75 Å². The average Bonchev–Trinajstić information content (AvgIpc) is 2.34. The molecule has 17 heavy (non-hydrogen) atoms. The van der Waals surface area contributed by atoms with Crippen LogP contribution >= 0.6 is 0 Å². The van der Waals surface area contributed by atoms with Crippen molar-refractivity contribution < 1.29 is 4.74 Å². The molecule has 0 unspecified atom stereocenters. The minimum atomic E-state index is 0.331. The van der Waals surface area contributed by atoms with Gasteiger partial charge in [0, 0.05) is 25.0 Å². The maximum absolute atomic E-state index is 5.92. The van der Waals surface area contributed by atoms with Crippen LogP contribution in [0.3, 0.4) is 0 Å². The minimum absolute atomic E-state index is 0.331. The van der Waals surface area contributed by atoms with E-state index in [1.165, 1.54) is 11.1 Å². The molecule has 0 saturated carbocycles. The Kier molecular flexibility index (Phi) is 2.81. The molecule has 3 nitrogen and oxygen atoms in total. The van der Waals surface area contributed by atoms with Crippen LogP contribution < -0.4 is 15.4 Å². The molecule has 0 atom stereocenters. The number of rotatable bonds is 3. The quantitative estimate of drug-likeness (QED) is 0.824. The van der Waals surface area contributed by atoms with E-state index in [9.17, 15) is 0 Å². The summed E-state index contributed by atoms with van der Waals surface area (Å²) >= 11 is 0. The van der Waals surface area contributed by atoms with E-state index in [0.29, 0.717) is 5.41 Å². The van der Waals surface area contributed by atoms with Gasteiger partial charge in [-0.1, -0.05) is 13.0 Å². The lowest BCUT2D eigenvalue weighted by Crippen LogP contribution is -2.54. The van der Waals surface area contributed by atoms with E-state index in [0.717, 1.165) is 45.0 Å². The molecule has 1 aromatic rings. The molecule has 2 aliphatic rings. The summed E-state index contributed by atoms with van der Waals surface area (Å²) in [5.74, 6) is 1.03. The highest BCUT2D eigenvalue weighted by atomic mass is 16.5. The topological polar surface area (TPSA) is 33.3 Å². The second kappa shape index (κ2) is 4.31. The zero-order chi connectivity index (χ0) is 11.7. The van der Waals surface area contributed by atoms with Gasteiger partial charge in [0.2, 0.25) is 0 Å². The van der Waals surface area contributed by atoms with Crippen molar-refractivity contribution in [3.05, 3.63) is 29.3 Å². The number of ether oxygens (including phenoxy) is 1. The molecule has 0 amide bonds. The van der Waals surface area contributed by atoms with Gasteiger partial charge in [-0.05, 0) is 36.2 Å². The Labute approximate surface area is 103 Å². The molecule has 1 saturated heterocycles. The van der Waals surface area contributed by atoms with Crippen molar-refractivity contribution in [3.63, 3.8) is 0 Å². The van der Waals surface area contributed by atoms with Crippen molar-refractivity contribution in [1.82, 2.24) is 10.6 Å². The first kappa shape index (κ1) is 11.1. The largest absolute Gasteiger partial charge is 0.493 e. The van der Waals surface area contributed by atoms with Crippen LogP contribution in [-0.4, -0.2) is 26.2 Å². The van der Waals surface area contributed by atoms with E-state index in [2.05, 4.69) is 35.8 Å². The molecule has 0 aliphatic carbocycles. The van der Waals surface area contributed by atoms with Gasteiger partial charge in [-0.2, -0.15) is 0 Å². The standard InChI is InChI=1S/C14H20N2O/c1-14(8-16-9-14)10-17-13-3-2-12-7-15-5-4-11(12)6-13/h2-3,6,15-16H,4-5,7-10H2,1H3. The van der Waals surface area contributed by atoms with Crippen molar-refractivity contribution in [1.29, 1.82) is 0 Å². The zero-order valence-electron chi connectivity index (χ0n) is 10.4. The Bertz CT molecular complexity index is 413. The predicted molar refractivity (Wildman–Crippen MR) is 68.3 cm³/mol. The van der Waals surface area contributed by atoms with Crippen LogP contribution in [0.5, 0.6) is 5.75 Å². The van der Waals surface area contributed by atoms with Crippen LogP contribution in [0.25, 0.3) is 0 Å². The monoisotopic (exact) mass is 232 g/mol. The normalized spacial score (nSPS) is 21.5. The van der Waals surface area contributed by atoms with Crippen LogP contribution in [0, 0.1) is 5.41 Å². The number of benzene rings is 1. The van der Waals surface area contributed by atoms with Crippen LogP contribution in [0.4, 0.5) is 0 Å². The van der Waals surface area contributed by atoms with Crippen LogP contribution in [0.15, 0.2) is 18.2 Å². The highest BCUT2D eigenvalue weighted by molar-refractivity contribution is 5.37. The van der Waals surface area contributed by atoms with Crippen LogP contribution in [-0.2, 0) is 13.0 Å². The molecular weight excluding hydrogens is 212 g/mol. The Morgan fingerprint density at radius 2 is 2.12 bits per heavy atom. The third-order valence-electron chi connectivity index (χ3n) is 3.76. The van der Waals surface area contributed by atoms with Gasteiger partial charge in [0.05, 0.1) is 6.61 Å². The highest BCUT2D eigenvalue weighted by Crippen LogP contribution is 2.25. The van der Waals surface area contributed by atoms with Gasteiger partial charge < -0.3 is 15.4 Å². The van der Waals surface area contributed by atoms with Gasteiger partial charge in [0.25, 0.3) is 0 Å². The Morgan fingerprint density at radius 3 is 2.88 bits per heavy atom. The zero-order valence-corrected chi connectivity index (χ0v) is 10.4. The Hall–Kier alpha value is -1.06. The first-order chi connectivity index (χ1) is 8.25. The smallest absolute Gasteiger partial charge is 0.119 e. The molecule has 1 fully saturated rings. The van der Waals surface area contributed by atoms with Gasteiger partial charge in [0.15, 0.2) is 0 Å². The second-order valence-corrected chi connectivity index (χ2v) is 5.56. The number of hydrogen-bond acceptors (Lipinski definition) is 3. The van der Waals surface area contributed by atoms with E-state index in [-0.39, 0.29) is 0 Å². The lowest BCUT2D eigenvalue weighted by Gasteiger charge is -2.38. The van der Waals surface area contributed by atoms with Gasteiger partial charge in [-0.3, -0.25) is 0 Å². The first-order valence-electron chi connectivity index (χ1n) is 6.41. The molecule has 2 aliphatic heterocycles. The van der Waals surface area contributed by atoms with E-state index in [1.807, 2.05) is 0 Å². The highest BCUT2D eigenvalue weighted by Gasteiger charge is 2.32. The Morgan fingerprint density at radius 1 is 1.24 bits per heavy atom. The number of hydrogen-bond donors (Lipinski definition) is 2. The lowest BCUT2D eigenvalue weighted by molar-refractivity contribution is 0.102. The fraction of sp³-hybridized carbons (Fsp3) is 0.571. The maximum atomic E-state index is 5.92. The van der Waals surface area contributed by atoms with Crippen LogP contribution in [0.1, 0.15) is 18.1 Å². The molecule has 1 aromatic carbocycles. The molecule has 0 bridgehead atoms. The number of fused-ring (bicyclic) bond motifs is 1. The summed E-state index contributed by atoms with van der Waals surface area (Å²) in [5, 5.41) is 6.69. The molecule has 92 valence electrons. The third-order valence-corrected chi connectivity index (χ3v) is 3.76. The molecule has 2 N–H and O–H groups in total. The Balaban J connectivity index is 1.67. The fourth-order valence-electron chi connectivity index (χ4n) is 2.45. The van der Waals surface area contributed by atoms with E-state index < -0.39 is 0 Å². The number of nitrogens with one attached hydrogen (secondary N) is 2. The average molecular weight is 232 g/mol. The second-order valence-electron chi connectivity index (χ2n) is 5.56. The molecule has 0 radical (unpaired) electrons. The fourth-order valence-corrected chi connectivity index (χ4v) is 2.45. The minimum Gasteiger partial charge on any atom is -0.493 e. The summed E-state index contributed by atoms with van der Waals surface area (Å²) in [4.78, 5) is 0. The van der Waals surface area contributed by atoms with Crippen molar-refractivity contribution in [2.24, 2.45) is 5.41 Å². The third kappa shape index (κ3) is 2.31. The summed E-state index contributed by atoms with van der Waals surface area (Å²) in [6.45, 7) is 7.31. The molecule has 3 rings (SSSR count). The molecule has 0 spiro atoms. The lowest BCUT2D eigenvalue weighted by atomic mass is 9.85. The summed E-state index contributed by atoms with van der Waals surface area (Å²) in [5.41, 5.74) is 3.19. The maximum Gasteiger partial charge on any atom is 0.119 e. The first-order valence-corrected chi connectivity index (χ1v) is 6.41. The van der Waals surface area contributed by atoms with Gasteiger partial charge >= 0.3 is 0 Å². The summed E-state index contributed by atoms with van der Waals surface area (Å²) in [6, 6.07) is 6.51. The summed E-state index contributed by atoms with van der Waals surface area (Å²) in [6.07, 6.45) is 1.12. The van der Waals surface area contributed by atoms with E-state index in [4.69, 9.17) is 4.74 Å². The van der Waals surface area contributed by atoms with Crippen molar-refractivity contribution >= 4 is 0 Å². The van der Waals surface area contributed by atoms with Gasteiger partial charge in [-0.25, -0.2) is 0 Å². The van der Waals surface area contributed by atoms with Crippen molar-refractivity contribution in [2.45, 2.75) is 19.9 Å². The van der Waals surface area contributed by atoms with E-state index >= 15 is 0 Å². The van der Waals surface area contributed by atoms with E-state index in [1.54, 1.807) is 0 Å². The molecular formula is C14H20N2O. The van der Waals surface area contributed by atoms with Crippen molar-refractivity contribution in [2.75, 3.05) is 26.2 Å². The molecule has 0 aromatic heterocycles. The summed E-state index contributed by atoms with van der Waals surface area (Å²) < 4.78 is 5.92. The SMILES string of the molecule is CC1(COc2ccc3c(c2)CCNC3)CNC1. The van der Waals surface area contributed by atoms with Crippen LogP contribution in [0.2, 0.25) is 0 Å². The molecule has 2 heterocycles. The predicted octanol–water partition coefficient (Wildman–Crippen LogP) is 1.32.